The lowest BCUT2D eigenvalue weighted by Crippen LogP contribution is -2.15. The van der Waals surface area contributed by atoms with Gasteiger partial charge in [0.2, 0.25) is 5.78 Å². The van der Waals surface area contributed by atoms with Gasteiger partial charge in [-0.3, -0.25) is 4.79 Å². The smallest absolute Gasteiger partial charge is 0.213 e. The third-order valence-corrected chi connectivity index (χ3v) is 4.78. The van der Waals surface area contributed by atoms with Crippen molar-refractivity contribution in [3.8, 4) is 0 Å². The number of Topliss-reactive ketones (excluding diaryl/α,β-unsaturated/α-hetero) is 1. The molecule has 2 aromatic carbocycles. The summed E-state index contributed by atoms with van der Waals surface area (Å²) in [5, 5.41) is 8.57. The van der Waals surface area contributed by atoms with Crippen LogP contribution in [0.25, 0.3) is 0 Å². The molecular weight excluding hydrogens is 362 g/mol. The van der Waals surface area contributed by atoms with Crippen LogP contribution in [0.4, 0.5) is 0 Å². The number of nitrogens with zero attached hydrogens (tertiary/aromatic N) is 3. The number of aryl methyl sites for hydroxylation is 1. The molecule has 0 spiro atoms. The van der Waals surface area contributed by atoms with Crippen molar-refractivity contribution in [1.82, 2.24) is 4.57 Å². The van der Waals surface area contributed by atoms with Gasteiger partial charge < -0.3 is 9.30 Å². The molecule has 1 heterocycles. The minimum atomic E-state index is -0.153. The van der Waals surface area contributed by atoms with Crippen LogP contribution < -0.4 is 0 Å². The van der Waals surface area contributed by atoms with E-state index in [0.717, 1.165) is 29.1 Å². The zero-order valence-electron chi connectivity index (χ0n) is 17.0. The van der Waals surface area contributed by atoms with E-state index in [9.17, 15) is 4.79 Å². The molecule has 0 aliphatic rings. The zero-order chi connectivity index (χ0) is 20.6. The first-order chi connectivity index (χ1) is 14.1. The molecule has 1 aromatic heterocycles. The number of benzene rings is 2. The molecule has 5 nitrogen and oxygen atoms in total. The highest BCUT2D eigenvalue weighted by Crippen LogP contribution is 2.14. The number of aromatic nitrogens is 1. The first kappa shape index (κ1) is 20.4. The standard InChI is InChI=1S/C24H25N3O2/c1-18-16-22(19(2)27(18)14-15-29-3)17-25-26-23(20-10-6-4-7-11-20)24(28)21-12-8-5-9-13-21/h4-13,16-17H,14-15H2,1-3H3. The summed E-state index contributed by atoms with van der Waals surface area (Å²) >= 11 is 0. The monoisotopic (exact) mass is 387 g/mol. The molecule has 0 atom stereocenters. The van der Waals surface area contributed by atoms with Crippen molar-refractivity contribution in [3.63, 3.8) is 0 Å². The van der Waals surface area contributed by atoms with Crippen molar-refractivity contribution in [3.05, 3.63) is 94.8 Å². The zero-order valence-corrected chi connectivity index (χ0v) is 17.0. The Kier molecular flexibility index (Phi) is 6.87. The van der Waals surface area contributed by atoms with Gasteiger partial charge >= 0.3 is 0 Å². The van der Waals surface area contributed by atoms with E-state index in [4.69, 9.17) is 4.74 Å². The van der Waals surface area contributed by atoms with Crippen molar-refractivity contribution in [2.45, 2.75) is 20.4 Å². The Bertz CT molecular complexity index is 1020. The lowest BCUT2D eigenvalue weighted by molar-refractivity contribution is 0.106. The second-order valence-electron chi connectivity index (χ2n) is 6.73. The first-order valence-corrected chi connectivity index (χ1v) is 9.53. The first-order valence-electron chi connectivity index (χ1n) is 9.53. The molecule has 0 N–H and O–H groups in total. The van der Waals surface area contributed by atoms with Crippen molar-refractivity contribution in [2.75, 3.05) is 13.7 Å². The van der Waals surface area contributed by atoms with Gasteiger partial charge in [-0.1, -0.05) is 60.7 Å². The van der Waals surface area contributed by atoms with Crippen molar-refractivity contribution >= 4 is 17.7 Å². The molecule has 0 unspecified atom stereocenters. The molecule has 0 amide bonds. The van der Waals surface area contributed by atoms with E-state index in [2.05, 4.69) is 27.8 Å². The summed E-state index contributed by atoms with van der Waals surface area (Å²) in [6.07, 6.45) is 1.70. The van der Waals surface area contributed by atoms with Crippen molar-refractivity contribution < 1.29 is 9.53 Å². The second-order valence-corrected chi connectivity index (χ2v) is 6.73. The fourth-order valence-electron chi connectivity index (χ4n) is 3.19. The molecule has 0 saturated heterocycles. The summed E-state index contributed by atoms with van der Waals surface area (Å²) in [4.78, 5) is 13.0. The van der Waals surface area contributed by atoms with Crippen LogP contribution in [0.1, 0.15) is 32.9 Å². The lowest BCUT2D eigenvalue weighted by Gasteiger charge is -2.08. The highest BCUT2D eigenvalue weighted by atomic mass is 16.5. The van der Waals surface area contributed by atoms with Gasteiger partial charge in [0.05, 0.1) is 12.8 Å². The molecule has 3 aromatic rings. The third kappa shape index (κ3) is 4.95. The number of methoxy groups -OCH3 is 1. The minimum absolute atomic E-state index is 0.153. The van der Waals surface area contributed by atoms with E-state index >= 15 is 0 Å². The molecule has 29 heavy (non-hydrogen) atoms. The van der Waals surface area contributed by atoms with Crippen LogP contribution in [0.5, 0.6) is 0 Å². The fraction of sp³-hybridized carbons (Fsp3) is 0.208. The maximum absolute atomic E-state index is 13.0. The predicted molar refractivity (Wildman–Crippen MR) is 117 cm³/mol. The van der Waals surface area contributed by atoms with Gasteiger partial charge in [0, 0.05) is 41.7 Å². The fourth-order valence-corrected chi connectivity index (χ4v) is 3.19. The van der Waals surface area contributed by atoms with Crippen LogP contribution >= 0.6 is 0 Å². The van der Waals surface area contributed by atoms with E-state index in [-0.39, 0.29) is 5.78 Å². The number of hydrogen-bond donors (Lipinski definition) is 0. The number of rotatable bonds is 8. The number of carbonyl (C=O) groups excluding carboxylic acids is 1. The SMILES string of the molecule is COCCn1c(C)cc(C=NN=C(C(=O)c2ccccc2)c2ccccc2)c1C. The molecule has 5 heteroatoms. The average Bonchev–Trinajstić information content (AvgIpc) is 3.03. The summed E-state index contributed by atoms with van der Waals surface area (Å²) < 4.78 is 7.36. The Labute approximate surface area is 171 Å². The summed E-state index contributed by atoms with van der Waals surface area (Å²) in [5.74, 6) is -0.153. The van der Waals surface area contributed by atoms with Gasteiger partial charge in [-0.05, 0) is 19.9 Å². The van der Waals surface area contributed by atoms with E-state index < -0.39 is 0 Å². The lowest BCUT2D eigenvalue weighted by atomic mass is 10.0. The summed E-state index contributed by atoms with van der Waals surface area (Å²) in [7, 11) is 1.69. The summed E-state index contributed by atoms with van der Waals surface area (Å²) in [6, 6.07) is 20.6. The topological polar surface area (TPSA) is 55.9 Å². The van der Waals surface area contributed by atoms with Crippen LogP contribution in [-0.4, -0.2) is 36.0 Å². The van der Waals surface area contributed by atoms with Crippen LogP contribution in [0.3, 0.4) is 0 Å². The van der Waals surface area contributed by atoms with Crippen molar-refractivity contribution in [2.24, 2.45) is 10.2 Å². The summed E-state index contributed by atoms with van der Waals surface area (Å²) in [6.45, 7) is 5.53. The quantitative estimate of drug-likeness (QED) is 0.326. The van der Waals surface area contributed by atoms with Gasteiger partial charge in [-0.25, -0.2) is 0 Å². The number of hydrogen-bond acceptors (Lipinski definition) is 4. The Balaban J connectivity index is 1.92. The van der Waals surface area contributed by atoms with E-state index in [1.165, 1.54) is 0 Å². The molecule has 0 saturated carbocycles. The maximum Gasteiger partial charge on any atom is 0.213 e. The van der Waals surface area contributed by atoms with E-state index in [0.29, 0.717) is 17.9 Å². The highest BCUT2D eigenvalue weighted by molar-refractivity contribution is 6.51. The number of carbonyl (C=O) groups is 1. The number of ether oxygens (including phenoxy) is 1. The third-order valence-electron chi connectivity index (χ3n) is 4.78. The largest absolute Gasteiger partial charge is 0.383 e. The van der Waals surface area contributed by atoms with Gasteiger partial charge in [-0.2, -0.15) is 5.10 Å². The molecule has 0 aliphatic carbocycles. The Morgan fingerprint density at radius 2 is 1.62 bits per heavy atom. The van der Waals surface area contributed by atoms with Crippen LogP contribution in [0.15, 0.2) is 76.9 Å². The van der Waals surface area contributed by atoms with Crippen LogP contribution in [0, 0.1) is 13.8 Å². The van der Waals surface area contributed by atoms with Gasteiger partial charge in [0.1, 0.15) is 5.71 Å². The Morgan fingerprint density at radius 1 is 1.00 bits per heavy atom. The molecule has 0 radical (unpaired) electrons. The molecular formula is C24H25N3O2. The molecule has 0 fully saturated rings. The molecule has 3 rings (SSSR count). The van der Waals surface area contributed by atoms with Gasteiger partial charge in [-0.15, -0.1) is 5.10 Å². The summed E-state index contributed by atoms with van der Waals surface area (Å²) in [5.41, 5.74) is 4.85. The Morgan fingerprint density at radius 3 is 2.24 bits per heavy atom. The van der Waals surface area contributed by atoms with E-state index in [1.54, 1.807) is 25.5 Å². The van der Waals surface area contributed by atoms with Crippen LogP contribution in [-0.2, 0) is 11.3 Å². The van der Waals surface area contributed by atoms with Crippen LogP contribution in [0.2, 0.25) is 0 Å². The normalized spacial score (nSPS) is 11.9. The average molecular weight is 387 g/mol. The predicted octanol–water partition coefficient (Wildman–Crippen LogP) is 4.46. The molecule has 0 aliphatic heterocycles. The minimum Gasteiger partial charge on any atom is -0.383 e. The maximum atomic E-state index is 13.0. The Hall–Kier alpha value is -3.31. The number of ketones is 1. The van der Waals surface area contributed by atoms with Gasteiger partial charge in [0.15, 0.2) is 0 Å². The molecule has 148 valence electrons. The molecule has 0 bridgehead atoms. The van der Waals surface area contributed by atoms with Gasteiger partial charge in [0.25, 0.3) is 0 Å². The van der Waals surface area contributed by atoms with E-state index in [1.807, 2.05) is 55.5 Å². The van der Waals surface area contributed by atoms with Crippen molar-refractivity contribution in [1.29, 1.82) is 0 Å². The second kappa shape index (κ2) is 9.75. The highest BCUT2D eigenvalue weighted by Gasteiger charge is 2.16.